The number of ether oxygens (including phenoxy) is 1. The Hall–Kier alpha value is -2.54. The van der Waals surface area contributed by atoms with Crippen LogP contribution in [-0.2, 0) is 14.8 Å². The number of carbonyl (C=O) groups is 1. The summed E-state index contributed by atoms with van der Waals surface area (Å²) in [5.74, 6) is 0.358. The summed E-state index contributed by atoms with van der Waals surface area (Å²) in [5.41, 5.74) is 1.67. The van der Waals surface area contributed by atoms with Crippen LogP contribution in [0.3, 0.4) is 0 Å². The molecule has 0 saturated heterocycles. The number of amides is 1. The van der Waals surface area contributed by atoms with Crippen LogP contribution in [0, 0.1) is 6.92 Å². The quantitative estimate of drug-likeness (QED) is 0.904. The van der Waals surface area contributed by atoms with Crippen molar-refractivity contribution in [3.8, 4) is 5.75 Å². The second kappa shape index (κ2) is 5.92. The lowest BCUT2D eigenvalue weighted by Crippen LogP contribution is -2.14. The molecule has 0 bridgehead atoms. The number of rotatable bonds is 3. The lowest BCUT2D eigenvalue weighted by molar-refractivity contribution is -0.116. The average molecular weight is 332 g/mol. The van der Waals surface area contributed by atoms with Crippen LogP contribution >= 0.6 is 0 Å². The van der Waals surface area contributed by atoms with E-state index in [1.54, 1.807) is 30.3 Å². The Labute approximate surface area is 134 Å². The zero-order chi connectivity index (χ0) is 16.4. The number of nitrogens with one attached hydrogen (secondary N) is 2. The van der Waals surface area contributed by atoms with Gasteiger partial charge >= 0.3 is 0 Å². The molecule has 0 radical (unpaired) electrons. The molecule has 23 heavy (non-hydrogen) atoms. The Balaban J connectivity index is 1.90. The summed E-state index contributed by atoms with van der Waals surface area (Å²) in [7, 11) is -3.69. The minimum atomic E-state index is -3.69. The molecular formula is C16H16N2O4S. The first-order valence-electron chi connectivity index (χ1n) is 7.10. The molecule has 0 aromatic heterocycles. The van der Waals surface area contributed by atoms with E-state index in [1.165, 1.54) is 6.07 Å². The molecule has 2 N–H and O–H groups in total. The molecule has 3 rings (SSSR count). The van der Waals surface area contributed by atoms with Gasteiger partial charge in [0.2, 0.25) is 5.91 Å². The number of fused-ring (bicyclic) bond motifs is 1. The van der Waals surface area contributed by atoms with E-state index in [1.807, 2.05) is 13.0 Å². The van der Waals surface area contributed by atoms with Gasteiger partial charge in [0.25, 0.3) is 10.0 Å². The van der Waals surface area contributed by atoms with Gasteiger partial charge < -0.3 is 10.1 Å². The normalized spacial score (nSPS) is 14.2. The van der Waals surface area contributed by atoms with Gasteiger partial charge in [-0.25, -0.2) is 8.42 Å². The minimum Gasteiger partial charge on any atom is -0.491 e. The number of hydrogen-bond donors (Lipinski definition) is 2. The number of aryl methyl sites for hydroxylation is 1. The van der Waals surface area contributed by atoms with Crippen LogP contribution < -0.4 is 14.8 Å². The van der Waals surface area contributed by atoms with E-state index < -0.39 is 10.0 Å². The molecule has 0 unspecified atom stereocenters. The molecular weight excluding hydrogens is 316 g/mol. The summed E-state index contributed by atoms with van der Waals surface area (Å²) < 4.78 is 32.8. The van der Waals surface area contributed by atoms with Crippen molar-refractivity contribution in [3.05, 3.63) is 48.0 Å². The number of anilines is 2. The average Bonchev–Trinajstić information content (AvgIpc) is 2.67. The largest absolute Gasteiger partial charge is 0.491 e. The highest BCUT2D eigenvalue weighted by atomic mass is 32.2. The third-order valence-electron chi connectivity index (χ3n) is 3.39. The fourth-order valence-electron chi connectivity index (χ4n) is 2.28. The number of carbonyl (C=O) groups excluding carboxylic acids is 1. The maximum atomic E-state index is 12.4. The van der Waals surface area contributed by atoms with Crippen LogP contribution in [0.15, 0.2) is 47.4 Å². The molecule has 2 aromatic carbocycles. The highest BCUT2D eigenvalue weighted by molar-refractivity contribution is 7.92. The number of hydrogen-bond acceptors (Lipinski definition) is 4. The lowest BCUT2D eigenvalue weighted by Gasteiger charge is -2.12. The van der Waals surface area contributed by atoms with Gasteiger partial charge in [-0.3, -0.25) is 9.52 Å². The van der Waals surface area contributed by atoms with Gasteiger partial charge in [-0.1, -0.05) is 12.1 Å². The highest BCUT2D eigenvalue weighted by Gasteiger charge is 2.17. The molecule has 1 amide bonds. The van der Waals surface area contributed by atoms with E-state index in [0.717, 1.165) is 5.56 Å². The lowest BCUT2D eigenvalue weighted by atomic mass is 10.2. The molecule has 120 valence electrons. The van der Waals surface area contributed by atoms with Gasteiger partial charge in [0, 0.05) is 0 Å². The number of benzene rings is 2. The van der Waals surface area contributed by atoms with Crippen molar-refractivity contribution in [3.63, 3.8) is 0 Å². The molecule has 0 atom stereocenters. The smallest absolute Gasteiger partial charge is 0.261 e. The zero-order valence-electron chi connectivity index (χ0n) is 12.5. The van der Waals surface area contributed by atoms with Crippen molar-refractivity contribution in [2.75, 3.05) is 16.6 Å². The van der Waals surface area contributed by atoms with Crippen LogP contribution in [0.4, 0.5) is 11.4 Å². The molecule has 1 aliphatic rings. The van der Waals surface area contributed by atoms with Crippen molar-refractivity contribution < 1.29 is 17.9 Å². The van der Waals surface area contributed by atoms with Crippen molar-refractivity contribution in [1.29, 1.82) is 0 Å². The van der Waals surface area contributed by atoms with Crippen LogP contribution in [0.25, 0.3) is 0 Å². The molecule has 0 spiro atoms. The first-order valence-corrected chi connectivity index (χ1v) is 8.58. The second-order valence-electron chi connectivity index (χ2n) is 5.28. The summed E-state index contributed by atoms with van der Waals surface area (Å²) in [6, 6.07) is 11.4. The summed E-state index contributed by atoms with van der Waals surface area (Å²) in [6.07, 6.45) is 0.263. The Morgan fingerprint density at radius 2 is 2.00 bits per heavy atom. The minimum absolute atomic E-state index is 0.164. The predicted molar refractivity (Wildman–Crippen MR) is 87.2 cm³/mol. The van der Waals surface area contributed by atoms with Crippen LogP contribution in [0.1, 0.15) is 12.0 Å². The second-order valence-corrected chi connectivity index (χ2v) is 6.96. The number of sulfonamides is 1. The molecule has 6 nitrogen and oxygen atoms in total. The van der Waals surface area contributed by atoms with Crippen LogP contribution in [-0.4, -0.2) is 20.9 Å². The predicted octanol–water partition coefficient (Wildman–Crippen LogP) is 2.52. The van der Waals surface area contributed by atoms with E-state index in [-0.39, 0.29) is 17.2 Å². The van der Waals surface area contributed by atoms with Gasteiger partial charge in [-0.05, 0) is 42.8 Å². The molecule has 0 saturated carbocycles. The molecule has 7 heteroatoms. The Morgan fingerprint density at radius 1 is 1.17 bits per heavy atom. The standard InChI is InChI=1S/C16H16N2O4S/c1-11-3-2-4-13(9-11)23(20,21)18-12-5-6-15-14(10-12)17-16(19)7-8-22-15/h2-6,9-10,18H,7-8H2,1H3,(H,17,19). The van der Waals surface area contributed by atoms with Crippen molar-refractivity contribution in [2.24, 2.45) is 0 Å². The molecule has 0 aliphatic carbocycles. The summed E-state index contributed by atoms with van der Waals surface area (Å²) in [5, 5.41) is 2.70. The van der Waals surface area contributed by atoms with Crippen molar-refractivity contribution in [1.82, 2.24) is 0 Å². The summed E-state index contributed by atoms with van der Waals surface area (Å²) in [4.78, 5) is 11.8. The van der Waals surface area contributed by atoms with E-state index >= 15 is 0 Å². The molecule has 0 fully saturated rings. The van der Waals surface area contributed by atoms with E-state index in [2.05, 4.69) is 10.0 Å². The third-order valence-corrected chi connectivity index (χ3v) is 4.77. The Bertz CT molecular complexity index is 862. The van der Waals surface area contributed by atoms with Gasteiger partial charge in [0.15, 0.2) is 0 Å². The molecule has 1 aliphatic heterocycles. The Kier molecular flexibility index (Phi) is 3.96. The molecule has 2 aromatic rings. The fraction of sp³-hybridized carbons (Fsp3) is 0.188. The topological polar surface area (TPSA) is 84.5 Å². The first kappa shape index (κ1) is 15.4. The van der Waals surface area contributed by atoms with Crippen LogP contribution in [0.5, 0.6) is 5.75 Å². The van der Waals surface area contributed by atoms with Crippen LogP contribution in [0.2, 0.25) is 0 Å². The van der Waals surface area contributed by atoms with Gasteiger partial charge in [-0.15, -0.1) is 0 Å². The van der Waals surface area contributed by atoms with E-state index in [9.17, 15) is 13.2 Å². The highest BCUT2D eigenvalue weighted by Crippen LogP contribution is 2.31. The SMILES string of the molecule is Cc1cccc(S(=O)(=O)Nc2ccc3c(c2)NC(=O)CCO3)c1. The first-order chi connectivity index (χ1) is 10.9. The third kappa shape index (κ3) is 3.45. The Morgan fingerprint density at radius 3 is 2.78 bits per heavy atom. The van der Waals surface area contributed by atoms with Crippen molar-refractivity contribution in [2.45, 2.75) is 18.2 Å². The maximum absolute atomic E-state index is 12.4. The molecule has 1 heterocycles. The van der Waals surface area contributed by atoms with Crippen molar-refractivity contribution >= 4 is 27.3 Å². The monoisotopic (exact) mass is 332 g/mol. The summed E-state index contributed by atoms with van der Waals surface area (Å²) in [6.45, 7) is 2.13. The van der Waals surface area contributed by atoms with Gasteiger partial charge in [-0.2, -0.15) is 0 Å². The van der Waals surface area contributed by atoms with E-state index in [0.29, 0.717) is 23.7 Å². The summed E-state index contributed by atoms with van der Waals surface area (Å²) >= 11 is 0. The zero-order valence-corrected chi connectivity index (χ0v) is 13.3. The van der Waals surface area contributed by atoms with Gasteiger partial charge in [0.1, 0.15) is 5.75 Å². The van der Waals surface area contributed by atoms with Gasteiger partial charge in [0.05, 0.1) is 29.3 Å². The maximum Gasteiger partial charge on any atom is 0.261 e. The van der Waals surface area contributed by atoms with E-state index in [4.69, 9.17) is 4.74 Å². The fourth-order valence-corrected chi connectivity index (χ4v) is 3.43.